The van der Waals surface area contributed by atoms with E-state index < -0.39 is 5.92 Å². The number of carbonyl (C=O) groups is 1. The van der Waals surface area contributed by atoms with Crippen LogP contribution in [0.4, 0.5) is 8.78 Å². The molecule has 0 saturated heterocycles. The van der Waals surface area contributed by atoms with Crippen molar-refractivity contribution in [1.29, 1.82) is 0 Å². The smallest absolute Gasteiger partial charge is 0.272 e. The van der Waals surface area contributed by atoms with Gasteiger partial charge in [-0.15, -0.1) is 0 Å². The molecule has 1 aromatic heterocycles. The van der Waals surface area contributed by atoms with Crippen LogP contribution in [0.2, 0.25) is 0 Å². The number of hydrogen-bond donors (Lipinski definition) is 0. The first-order valence-corrected chi connectivity index (χ1v) is 14.5. The summed E-state index contributed by atoms with van der Waals surface area (Å²) >= 11 is 0. The van der Waals surface area contributed by atoms with Gasteiger partial charge in [-0.25, -0.2) is 8.78 Å². The Morgan fingerprint density at radius 3 is 2.55 bits per heavy atom. The van der Waals surface area contributed by atoms with E-state index in [0.29, 0.717) is 25.4 Å². The fourth-order valence-electron chi connectivity index (χ4n) is 7.19. The highest BCUT2D eigenvalue weighted by molar-refractivity contribution is 5.83. The van der Waals surface area contributed by atoms with Gasteiger partial charge in [-0.3, -0.25) is 9.78 Å². The molecule has 2 fully saturated rings. The Morgan fingerprint density at radius 1 is 1.13 bits per heavy atom. The summed E-state index contributed by atoms with van der Waals surface area (Å²) in [6.07, 6.45) is 13.4. The van der Waals surface area contributed by atoms with Crippen LogP contribution in [0.3, 0.4) is 0 Å². The topological polar surface area (TPSA) is 33.2 Å². The van der Waals surface area contributed by atoms with Gasteiger partial charge in [0.15, 0.2) is 0 Å². The first kappa shape index (κ1) is 27.0. The average molecular weight is 521 g/mol. The van der Waals surface area contributed by atoms with E-state index in [-0.39, 0.29) is 22.8 Å². The number of benzene rings is 1. The Kier molecular flexibility index (Phi) is 7.75. The summed E-state index contributed by atoms with van der Waals surface area (Å²) in [5.41, 5.74) is 4.08. The highest BCUT2D eigenvalue weighted by Gasteiger charge is 2.49. The molecule has 204 valence electrons. The fourth-order valence-corrected chi connectivity index (χ4v) is 7.19. The predicted octanol–water partition coefficient (Wildman–Crippen LogP) is 8.18. The van der Waals surface area contributed by atoms with Crippen LogP contribution in [0.15, 0.2) is 48.2 Å². The minimum atomic E-state index is -2.93. The zero-order valence-electron chi connectivity index (χ0n) is 23.2. The molecule has 2 aliphatic carbocycles. The lowest BCUT2D eigenvalue weighted by molar-refractivity contribution is -0.146. The number of rotatable bonds is 6. The Balaban J connectivity index is 1.21. The molecule has 1 amide bonds. The number of carbonyl (C=O) groups excluding carboxylic acids is 1. The van der Waals surface area contributed by atoms with Crippen molar-refractivity contribution < 1.29 is 13.6 Å². The van der Waals surface area contributed by atoms with E-state index in [4.69, 9.17) is 0 Å². The van der Waals surface area contributed by atoms with E-state index in [9.17, 15) is 13.6 Å². The van der Waals surface area contributed by atoms with Gasteiger partial charge in [-0.1, -0.05) is 55.8 Å². The zero-order chi connectivity index (χ0) is 26.9. The maximum absolute atomic E-state index is 14.1. The highest BCUT2D eigenvalue weighted by Crippen LogP contribution is 2.51. The molecule has 1 aliphatic heterocycles. The van der Waals surface area contributed by atoms with Crippen LogP contribution in [0.25, 0.3) is 6.08 Å². The molecule has 0 bridgehead atoms. The van der Waals surface area contributed by atoms with Gasteiger partial charge in [0.1, 0.15) is 0 Å². The molecule has 5 rings (SSSR count). The number of hydrogen-bond acceptors (Lipinski definition) is 2. The number of fused-ring (bicyclic) bond motifs is 1. The van der Waals surface area contributed by atoms with Crippen molar-refractivity contribution in [1.82, 2.24) is 9.88 Å². The Hall–Kier alpha value is -2.56. The average Bonchev–Trinajstić information content (AvgIpc) is 3.34. The molecule has 2 atom stereocenters. The van der Waals surface area contributed by atoms with Crippen LogP contribution >= 0.6 is 0 Å². The van der Waals surface area contributed by atoms with Crippen molar-refractivity contribution >= 4 is 12.0 Å². The second-order valence-electron chi connectivity index (χ2n) is 12.5. The van der Waals surface area contributed by atoms with Crippen LogP contribution in [0, 0.1) is 23.2 Å². The molecule has 38 heavy (non-hydrogen) atoms. The summed E-state index contributed by atoms with van der Waals surface area (Å²) in [4.78, 5) is 20.3. The van der Waals surface area contributed by atoms with Gasteiger partial charge in [0.2, 0.25) is 5.91 Å². The van der Waals surface area contributed by atoms with Crippen LogP contribution in [-0.4, -0.2) is 22.3 Å². The molecule has 3 aliphatic rings. The summed E-state index contributed by atoms with van der Waals surface area (Å²) in [5, 5.41) is 0. The molecule has 3 nitrogen and oxygen atoms in total. The normalized spacial score (nSPS) is 25.9. The maximum atomic E-state index is 14.1. The highest BCUT2D eigenvalue weighted by atomic mass is 19.3. The van der Waals surface area contributed by atoms with E-state index in [1.165, 1.54) is 43.9 Å². The number of aromatic nitrogens is 1. The van der Waals surface area contributed by atoms with E-state index in [1.54, 1.807) is 11.6 Å². The Labute approximate surface area is 226 Å². The molecule has 0 radical (unpaired) electrons. The third-order valence-corrected chi connectivity index (χ3v) is 9.60. The predicted molar refractivity (Wildman–Crippen MR) is 149 cm³/mol. The maximum Gasteiger partial charge on any atom is 0.272 e. The summed E-state index contributed by atoms with van der Waals surface area (Å²) in [7, 11) is 0. The van der Waals surface area contributed by atoms with Crippen molar-refractivity contribution in [3.8, 4) is 0 Å². The van der Waals surface area contributed by atoms with Gasteiger partial charge in [0.05, 0.1) is 5.41 Å². The number of nitrogens with zero attached hydrogens (tertiary/aromatic N) is 2. The summed E-state index contributed by atoms with van der Waals surface area (Å²) < 4.78 is 27.8. The molecule has 2 heterocycles. The molecule has 0 N–H and O–H groups in total. The summed E-state index contributed by atoms with van der Waals surface area (Å²) in [5.74, 6) is -1.10. The van der Waals surface area contributed by atoms with Crippen LogP contribution in [0.5, 0.6) is 0 Å². The largest absolute Gasteiger partial charge is 0.337 e. The van der Waals surface area contributed by atoms with Gasteiger partial charge in [-0.05, 0) is 86.3 Å². The molecule has 0 spiro atoms. The fraction of sp³-hybridized carbons (Fsp3) is 0.576. The van der Waals surface area contributed by atoms with Crippen molar-refractivity contribution in [2.24, 2.45) is 23.2 Å². The Morgan fingerprint density at radius 2 is 1.87 bits per heavy atom. The van der Waals surface area contributed by atoms with Gasteiger partial charge >= 0.3 is 0 Å². The van der Waals surface area contributed by atoms with Crippen LogP contribution in [0.1, 0.15) is 94.5 Å². The lowest BCUT2D eigenvalue weighted by atomic mass is 9.72. The summed E-state index contributed by atoms with van der Waals surface area (Å²) in [6, 6.07) is 12.2. The van der Waals surface area contributed by atoms with Gasteiger partial charge in [0, 0.05) is 43.9 Å². The molecule has 2 aromatic rings. The third kappa shape index (κ3) is 5.72. The number of alkyl halides is 2. The second-order valence-corrected chi connectivity index (χ2v) is 12.5. The van der Waals surface area contributed by atoms with Crippen molar-refractivity contribution in [2.75, 3.05) is 6.54 Å². The lowest BCUT2D eigenvalue weighted by Crippen LogP contribution is -2.47. The van der Waals surface area contributed by atoms with Gasteiger partial charge in [0.25, 0.3) is 5.92 Å². The Bertz CT molecular complexity index is 1160. The van der Waals surface area contributed by atoms with E-state index in [0.717, 1.165) is 43.4 Å². The van der Waals surface area contributed by atoms with E-state index in [2.05, 4.69) is 55.2 Å². The van der Waals surface area contributed by atoms with Crippen LogP contribution in [-0.2, 0) is 23.7 Å². The monoisotopic (exact) mass is 520 g/mol. The van der Waals surface area contributed by atoms with E-state index >= 15 is 0 Å². The quantitative estimate of drug-likeness (QED) is 0.385. The van der Waals surface area contributed by atoms with Crippen LogP contribution < -0.4 is 0 Å². The third-order valence-electron chi connectivity index (χ3n) is 9.60. The molecule has 0 unspecified atom stereocenters. The minimum Gasteiger partial charge on any atom is -0.337 e. The lowest BCUT2D eigenvalue weighted by Gasteiger charge is -2.40. The number of pyridine rings is 1. The number of halogens is 2. The molecule has 1 aromatic carbocycles. The number of allylic oxidation sites excluding steroid dienone is 1. The summed E-state index contributed by atoms with van der Waals surface area (Å²) in [6.45, 7) is 6.30. The van der Waals surface area contributed by atoms with Gasteiger partial charge < -0.3 is 4.90 Å². The van der Waals surface area contributed by atoms with Crippen molar-refractivity contribution in [2.45, 2.75) is 91.0 Å². The first-order chi connectivity index (χ1) is 18.1. The van der Waals surface area contributed by atoms with E-state index in [1.807, 2.05) is 4.90 Å². The number of amides is 1. The zero-order valence-corrected chi connectivity index (χ0v) is 23.2. The molecule has 2 saturated carbocycles. The van der Waals surface area contributed by atoms with Gasteiger partial charge in [-0.2, -0.15) is 0 Å². The standard InChI is InChI=1S/C33H42F2N2O/c1-23(2)33(31(38)37-16-14-30-28(22-37)19-29(21-36-30)32(3,34)35)15-13-27(20-33)18-26-11-9-25(10-12-26)17-24-7-5-4-6-8-24/h4-8,17,19,21,23,26-27H,9-16,18,20,22H2,1-3H3/t26?,27-,33-/m0/s1. The SMILES string of the molecule is CC(C)[C@]1(C(=O)N2CCc3ncc(C(C)(F)F)cc3C2)CC[C@@H](CC2CCC(=Cc3ccccc3)CC2)C1. The minimum absolute atomic E-state index is 0.0701. The van der Waals surface area contributed by atoms with Crippen molar-refractivity contribution in [3.05, 3.63) is 70.6 Å². The molecular formula is C33H42F2N2O. The molecular weight excluding hydrogens is 478 g/mol. The van der Waals surface area contributed by atoms with Crippen molar-refractivity contribution in [3.63, 3.8) is 0 Å². The second kappa shape index (κ2) is 10.9. The first-order valence-electron chi connectivity index (χ1n) is 14.5. The molecule has 5 heteroatoms.